The van der Waals surface area contributed by atoms with Crippen LogP contribution in [0.25, 0.3) is 0 Å². The van der Waals surface area contributed by atoms with Crippen molar-refractivity contribution in [3.63, 3.8) is 0 Å². The van der Waals surface area contributed by atoms with Crippen LogP contribution in [0.5, 0.6) is 0 Å². The molecule has 55 heavy (non-hydrogen) atoms. The third kappa shape index (κ3) is 41.5. The van der Waals surface area contributed by atoms with Gasteiger partial charge in [-0.15, -0.1) is 0 Å². The van der Waals surface area contributed by atoms with Crippen LogP contribution in [0.2, 0.25) is 0 Å². The number of unbranched alkanes of at least 4 members (excludes halogenated alkanes) is 31. The Kier molecular flexibility index (Phi) is 38.6. The molecule has 3 N–H and O–H groups in total. The molecule has 0 rings (SSSR count). The highest BCUT2D eigenvalue weighted by Gasteiger charge is 2.28. The fourth-order valence-electron chi connectivity index (χ4n) is 7.28. The van der Waals surface area contributed by atoms with Crippen molar-refractivity contribution in [1.82, 2.24) is 5.32 Å². The Bertz CT molecular complexity index is 870. The van der Waals surface area contributed by atoms with Crippen molar-refractivity contribution in [1.29, 1.82) is 0 Å². The highest BCUT2D eigenvalue weighted by Crippen LogP contribution is 2.43. The molecule has 0 aliphatic rings. The van der Waals surface area contributed by atoms with Gasteiger partial charge in [-0.1, -0.05) is 219 Å². The fraction of sp³-hybridized carbons (Fsp3) is 0.978. The molecule has 9 heteroatoms. The number of hydrogen-bond acceptors (Lipinski definition) is 5. The number of phosphoric acid groups is 1. The van der Waals surface area contributed by atoms with E-state index >= 15 is 0 Å². The molecule has 0 aliphatic carbocycles. The quantitative estimate of drug-likeness (QED) is 0.0322. The molecule has 0 aliphatic heterocycles. The number of nitrogens with one attached hydrogen (secondary N) is 1. The van der Waals surface area contributed by atoms with Crippen molar-refractivity contribution in [3.8, 4) is 0 Å². The van der Waals surface area contributed by atoms with E-state index in [2.05, 4.69) is 19.2 Å². The average molecular weight is 804 g/mol. The third-order valence-electron chi connectivity index (χ3n) is 11.1. The minimum Gasteiger partial charge on any atom is -0.391 e. The lowest BCUT2D eigenvalue weighted by molar-refractivity contribution is -0.870. The standard InChI is InChI=1S/C46H95N2O6P/c1-6-8-10-12-14-16-18-20-22-23-24-26-28-30-32-34-36-38-40-46(50)47-44(43-54-55(51,52)53-42-41-48(3,4)5)45(49)39-37-35-33-31-29-27-25-21-19-17-15-13-11-9-7-2/h44-45,49H,6-43H2,1-5H3,(H-,47,50,51,52)/p+1. The Morgan fingerprint density at radius 1 is 0.545 bits per heavy atom. The van der Waals surface area contributed by atoms with E-state index in [9.17, 15) is 19.4 Å². The van der Waals surface area contributed by atoms with Crippen LogP contribution in [0.4, 0.5) is 0 Å². The number of likely N-dealkylation sites (N-methyl/N-ethyl adjacent to an activating group) is 1. The zero-order valence-electron chi connectivity index (χ0n) is 37.4. The molecule has 0 radical (unpaired) electrons. The molecule has 0 aromatic rings. The molecule has 0 bridgehead atoms. The van der Waals surface area contributed by atoms with Crippen molar-refractivity contribution in [2.75, 3.05) is 40.9 Å². The number of quaternary nitrogens is 1. The minimum atomic E-state index is -4.31. The van der Waals surface area contributed by atoms with E-state index in [4.69, 9.17) is 9.05 Å². The molecule has 0 aromatic carbocycles. The number of aliphatic hydroxyl groups is 1. The van der Waals surface area contributed by atoms with Gasteiger partial charge in [0, 0.05) is 6.42 Å². The van der Waals surface area contributed by atoms with Crippen molar-refractivity contribution in [2.45, 2.75) is 251 Å². The Balaban J connectivity index is 4.27. The van der Waals surface area contributed by atoms with Crippen molar-refractivity contribution >= 4 is 13.7 Å². The molecule has 0 fully saturated rings. The first kappa shape index (κ1) is 54.5. The van der Waals surface area contributed by atoms with Gasteiger partial charge in [-0.2, -0.15) is 0 Å². The van der Waals surface area contributed by atoms with Gasteiger partial charge in [0.15, 0.2) is 0 Å². The van der Waals surface area contributed by atoms with Gasteiger partial charge < -0.3 is 19.8 Å². The maximum Gasteiger partial charge on any atom is 0.472 e. The van der Waals surface area contributed by atoms with Gasteiger partial charge in [-0.25, -0.2) is 4.57 Å². The van der Waals surface area contributed by atoms with Crippen LogP contribution in [0.15, 0.2) is 0 Å². The summed E-state index contributed by atoms with van der Waals surface area (Å²) < 4.78 is 23.7. The highest BCUT2D eigenvalue weighted by atomic mass is 31.2. The molecule has 0 spiro atoms. The summed E-state index contributed by atoms with van der Waals surface area (Å²) in [6.07, 6.45) is 42.7. The zero-order chi connectivity index (χ0) is 40.7. The first-order chi connectivity index (χ1) is 26.5. The number of amides is 1. The SMILES string of the molecule is CCCCCCCCCCCCCCCCCCCCC(=O)NC(COP(=O)(O)OCC[N+](C)(C)C)C(O)CCCCCCCCCCCCCCCCC. The Hall–Kier alpha value is -0.500. The predicted molar refractivity (Wildman–Crippen MR) is 236 cm³/mol. The molecule has 1 amide bonds. The Morgan fingerprint density at radius 3 is 1.22 bits per heavy atom. The third-order valence-corrected chi connectivity index (χ3v) is 12.1. The van der Waals surface area contributed by atoms with E-state index in [-0.39, 0.29) is 19.1 Å². The Labute approximate surface area is 342 Å². The molecule has 330 valence electrons. The fourth-order valence-corrected chi connectivity index (χ4v) is 8.02. The second kappa shape index (κ2) is 39.0. The van der Waals surface area contributed by atoms with Crippen LogP contribution in [0, 0.1) is 0 Å². The highest BCUT2D eigenvalue weighted by molar-refractivity contribution is 7.47. The first-order valence-corrected chi connectivity index (χ1v) is 25.4. The number of nitrogens with zero attached hydrogens (tertiary/aromatic N) is 1. The molecule has 0 saturated carbocycles. The van der Waals surface area contributed by atoms with Gasteiger partial charge >= 0.3 is 7.82 Å². The minimum absolute atomic E-state index is 0.0787. The molecule has 0 saturated heterocycles. The van der Waals surface area contributed by atoms with Gasteiger partial charge in [0.2, 0.25) is 5.91 Å². The molecule has 3 atom stereocenters. The van der Waals surface area contributed by atoms with Crippen LogP contribution < -0.4 is 5.32 Å². The van der Waals surface area contributed by atoms with Crippen molar-refractivity contribution < 1.29 is 32.9 Å². The number of phosphoric ester groups is 1. The van der Waals surface area contributed by atoms with Crippen molar-refractivity contribution in [2.24, 2.45) is 0 Å². The first-order valence-electron chi connectivity index (χ1n) is 23.9. The van der Waals surface area contributed by atoms with Crippen LogP contribution in [-0.2, 0) is 18.4 Å². The van der Waals surface area contributed by atoms with E-state index in [0.29, 0.717) is 23.9 Å². The van der Waals surface area contributed by atoms with E-state index in [0.717, 1.165) is 38.5 Å². The molecule has 0 aromatic heterocycles. The van der Waals surface area contributed by atoms with Gasteiger partial charge in [-0.05, 0) is 12.8 Å². The van der Waals surface area contributed by atoms with Gasteiger partial charge in [0.25, 0.3) is 0 Å². The summed E-state index contributed by atoms with van der Waals surface area (Å²) in [7, 11) is 1.63. The lowest BCUT2D eigenvalue weighted by Crippen LogP contribution is -2.46. The summed E-state index contributed by atoms with van der Waals surface area (Å²) >= 11 is 0. The summed E-state index contributed by atoms with van der Waals surface area (Å²) in [6.45, 7) is 4.92. The average Bonchev–Trinajstić information content (AvgIpc) is 3.13. The lowest BCUT2D eigenvalue weighted by atomic mass is 10.0. The molecular formula is C46H96N2O6P+. The number of hydrogen-bond donors (Lipinski definition) is 3. The van der Waals surface area contributed by atoms with E-state index in [1.54, 1.807) is 0 Å². The molecule has 3 unspecified atom stereocenters. The molecule has 0 heterocycles. The monoisotopic (exact) mass is 804 g/mol. The molecular weight excluding hydrogens is 707 g/mol. The number of carbonyl (C=O) groups is 1. The van der Waals surface area contributed by atoms with E-state index < -0.39 is 20.0 Å². The molecule has 8 nitrogen and oxygen atoms in total. The second-order valence-corrected chi connectivity index (χ2v) is 19.3. The lowest BCUT2D eigenvalue weighted by Gasteiger charge is -2.26. The van der Waals surface area contributed by atoms with E-state index in [1.807, 2.05) is 21.1 Å². The topological polar surface area (TPSA) is 105 Å². The largest absolute Gasteiger partial charge is 0.472 e. The predicted octanol–water partition coefficient (Wildman–Crippen LogP) is 13.4. The zero-order valence-corrected chi connectivity index (χ0v) is 38.3. The van der Waals surface area contributed by atoms with Crippen LogP contribution in [0.1, 0.15) is 239 Å². The normalized spacial score (nSPS) is 14.2. The van der Waals surface area contributed by atoms with Gasteiger partial charge in [0.05, 0.1) is 39.9 Å². The van der Waals surface area contributed by atoms with E-state index in [1.165, 1.54) is 173 Å². The van der Waals surface area contributed by atoms with Crippen LogP contribution >= 0.6 is 7.82 Å². The number of rotatable bonds is 44. The summed E-state index contributed by atoms with van der Waals surface area (Å²) in [5.41, 5.74) is 0. The number of aliphatic hydroxyl groups excluding tert-OH is 1. The summed E-state index contributed by atoms with van der Waals surface area (Å²) in [6, 6.07) is -0.753. The van der Waals surface area contributed by atoms with Crippen LogP contribution in [-0.4, -0.2) is 73.4 Å². The maximum absolute atomic E-state index is 12.9. The second-order valence-electron chi connectivity index (χ2n) is 17.9. The number of carbonyl (C=O) groups excluding carboxylic acids is 1. The van der Waals surface area contributed by atoms with Gasteiger partial charge in [0.1, 0.15) is 13.2 Å². The van der Waals surface area contributed by atoms with Crippen molar-refractivity contribution in [3.05, 3.63) is 0 Å². The smallest absolute Gasteiger partial charge is 0.391 e. The van der Waals surface area contributed by atoms with Crippen LogP contribution in [0.3, 0.4) is 0 Å². The summed E-state index contributed by atoms with van der Waals surface area (Å²) in [5, 5.41) is 14.0. The summed E-state index contributed by atoms with van der Waals surface area (Å²) in [5.74, 6) is -0.139. The van der Waals surface area contributed by atoms with Gasteiger partial charge in [-0.3, -0.25) is 13.8 Å². The maximum atomic E-state index is 12.9. The Morgan fingerprint density at radius 2 is 0.873 bits per heavy atom. The summed E-state index contributed by atoms with van der Waals surface area (Å²) in [4.78, 5) is 23.2.